The Labute approximate surface area is 125 Å². The predicted octanol–water partition coefficient (Wildman–Crippen LogP) is 2.14. The molecule has 2 N–H and O–H groups in total. The lowest BCUT2D eigenvalue weighted by atomic mass is 10.1. The molecule has 0 saturated carbocycles. The van der Waals surface area contributed by atoms with E-state index < -0.39 is 5.60 Å². The molecule has 0 aromatic carbocycles. The number of alkyl carbamates (subject to hydrolysis) is 1. The van der Waals surface area contributed by atoms with E-state index in [1.165, 1.54) is 0 Å². The lowest BCUT2D eigenvalue weighted by Crippen LogP contribution is -2.36. The number of hydrogen-bond acceptors (Lipinski definition) is 5. The van der Waals surface area contributed by atoms with Crippen LogP contribution < -0.4 is 10.2 Å². The molecule has 1 amide bonds. The van der Waals surface area contributed by atoms with Crippen LogP contribution in [0.15, 0.2) is 18.3 Å². The third-order valence-corrected chi connectivity index (χ3v) is 3.29. The summed E-state index contributed by atoms with van der Waals surface area (Å²) in [6, 6.07) is 3.34. The number of aromatic hydroxyl groups is 1. The first kappa shape index (κ1) is 15.4. The van der Waals surface area contributed by atoms with Crippen LogP contribution in [0.4, 0.5) is 10.6 Å². The van der Waals surface area contributed by atoms with Gasteiger partial charge in [0.15, 0.2) is 11.6 Å². The van der Waals surface area contributed by atoms with Gasteiger partial charge < -0.3 is 20.1 Å². The molecule has 0 spiro atoms. The Hall–Kier alpha value is -1.98. The lowest BCUT2D eigenvalue weighted by Gasteiger charge is -2.21. The normalized spacial score (nSPS) is 18.6. The van der Waals surface area contributed by atoms with Crippen LogP contribution in [0.5, 0.6) is 5.75 Å². The average molecular weight is 293 g/mol. The molecule has 1 aromatic heterocycles. The standard InChI is InChI=1S/C15H23N3O3/c1-15(2,3)21-14(20)17-9-11-6-8-18(10-11)13-12(19)5-4-7-16-13/h4-5,7,11,19H,6,8-10H2,1-3H3,(H,17,20)/t11-/m0/s1. The quantitative estimate of drug-likeness (QED) is 0.893. The molecule has 116 valence electrons. The molecule has 1 aromatic rings. The van der Waals surface area contributed by atoms with Gasteiger partial charge >= 0.3 is 6.09 Å². The number of aromatic nitrogens is 1. The second-order valence-corrected chi connectivity index (χ2v) is 6.33. The summed E-state index contributed by atoms with van der Waals surface area (Å²) in [5.41, 5.74) is -0.481. The van der Waals surface area contributed by atoms with Crippen LogP contribution in [0.1, 0.15) is 27.2 Å². The molecule has 1 aliphatic heterocycles. The van der Waals surface area contributed by atoms with Gasteiger partial charge in [-0.3, -0.25) is 0 Å². The van der Waals surface area contributed by atoms with Crippen molar-refractivity contribution in [2.45, 2.75) is 32.8 Å². The minimum Gasteiger partial charge on any atom is -0.504 e. The van der Waals surface area contributed by atoms with Crippen LogP contribution in [0, 0.1) is 5.92 Å². The van der Waals surface area contributed by atoms with Crippen LogP contribution in [-0.4, -0.2) is 41.4 Å². The van der Waals surface area contributed by atoms with Gasteiger partial charge in [0.25, 0.3) is 0 Å². The van der Waals surface area contributed by atoms with Gasteiger partial charge in [0.1, 0.15) is 5.60 Å². The van der Waals surface area contributed by atoms with Crippen molar-refractivity contribution >= 4 is 11.9 Å². The Morgan fingerprint density at radius 2 is 2.33 bits per heavy atom. The molecule has 0 aliphatic carbocycles. The number of nitrogens with zero attached hydrogens (tertiary/aromatic N) is 2. The zero-order valence-electron chi connectivity index (χ0n) is 12.8. The molecule has 6 heteroatoms. The van der Waals surface area contributed by atoms with E-state index >= 15 is 0 Å². The van der Waals surface area contributed by atoms with E-state index in [1.54, 1.807) is 18.3 Å². The van der Waals surface area contributed by atoms with Crippen LogP contribution >= 0.6 is 0 Å². The van der Waals surface area contributed by atoms with E-state index in [9.17, 15) is 9.90 Å². The Kier molecular flexibility index (Phi) is 4.55. The molecule has 1 aliphatic rings. The van der Waals surface area contributed by atoms with Gasteiger partial charge in [-0.05, 0) is 45.2 Å². The van der Waals surface area contributed by atoms with Crippen molar-refractivity contribution in [2.75, 3.05) is 24.5 Å². The van der Waals surface area contributed by atoms with Gasteiger partial charge in [0, 0.05) is 25.8 Å². The molecule has 2 rings (SSSR count). The summed E-state index contributed by atoms with van der Waals surface area (Å²) in [4.78, 5) is 17.9. The highest BCUT2D eigenvalue weighted by Gasteiger charge is 2.26. The summed E-state index contributed by atoms with van der Waals surface area (Å²) in [5, 5.41) is 12.6. The molecule has 1 atom stereocenters. The van der Waals surface area contributed by atoms with Crippen molar-refractivity contribution in [2.24, 2.45) is 5.92 Å². The maximum absolute atomic E-state index is 11.6. The molecule has 21 heavy (non-hydrogen) atoms. The summed E-state index contributed by atoms with van der Waals surface area (Å²) < 4.78 is 5.21. The van der Waals surface area contributed by atoms with E-state index in [4.69, 9.17) is 4.74 Å². The number of carbonyl (C=O) groups excluding carboxylic acids is 1. The number of pyridine rings is 1. The van der Waals surface area contributed by atoms with Crippen molar-refractivity contribution in [3.05, 3.63) is 18.3 Å². The fraction of sp³-hybridized carbons (Fsp3) is 0.600. The largest absolute Gasteiger partial charge is 0.504 e. The smallest absolute Gasteiger partial charge is 0.407 e. The monoisotopic (exact) mass is 293 g/mol. The highest BCUT2D eigenvalue weighted by Crippen LogP contribution is 2.28. The van der Waals surface area contributed by atoms with Crippen LogP contribution in [0.25, 0.3) is 0 Å². The van der Waals surface area contributed by atoms with Gasteiger partial charge in [0.05, 0.1) is 0 Å². The second kappa shape index (κ2) is 6.20. The van der Waals surface area contributed by atoms with E-state index in [0.717, 1.165) is 19.5 Å². The molecular weight excluding hydrogens is 270 g/mol. The molecular formula is C15H23N3O3. The molecule has 1 fully saturated rings. The summed E-state index contributed by atoms with van der Waals surface area (Å²) in [6.45, 7) is 7.68. The van der Waals surface area contributed by atoms with Crippen molar-refractivity contribution < 1.29 is 14.6 Å². The number of hydrogen-bond donors (Lipinski definition) is 2. The van der Waals surface area contributed by atoms with E-state index in [1.807, 2.05) is 25.7 Å². The van der Waals surface area contributed by atoms with E-state index in [0.29, 0.717) is 18.3 Å². The summed E-state index contributed by atoms with van der Waals surface area (Å²) in [5.74, 6) is 1.13. The first-order chi connectivity index (χ1) is 9.85. The molecule has 0 bridgehead atoms. The third kappa shape index (κ3) is 4.51. The maximum atomic E-state index is 11.6. The maximum Gasteiger partial charge on any atom is 0.407 e. The minimum atomic E-state index is -0.481. The second-order valence-electron chi connectivity index (χ2n) is 6.33. The molecule has 6 nitrogen and oxygen atoms in total. The SMILES string of the molecule is CC(C)(C)OC(=O)NC[C@@H]1CCN(c2ncccc2O)C1. The number of anilines is 1. The number of rotatable bonds is 3. The van der Waals surface area contributed by atoms with E-state index in [2.05, 4.69) is 10.3 Å². The van der Waals surface area contributed by atoms with E-state index in [-0.39, 0.29) is 11.8 Å². The fourth-order valence-corrected chi connectivity index (χ4v) is 2.37. The van der Waals surface area contributed by atoms with Crippen molar-refractivity contribution in [3.8, 4) is 5.75 Å². The highest BCUT2D eigenvalue weighted by atomic mass is 16.6. The molecule has 0 radical (unpaired) electrons. The average Bonchev–Trinajstić information content (AvgIpc) is 2.83. The Morgan fingerprint density at radius 3 is 3.00 bits per heavy atom. The van der Waals surface area contributed by atoms with Crippen LogP contribution in [0.2, 0.25) is 0 Å². The summed E-state index contributed by atoms with van der Waals surface area (Å²) >= 11 is 0. The van der Waals surface area contributed by atoms with Gasteiger partial charge in [-0.25, -0.2) is 9.78 Å². The fourth-order valence-electron chi connectivity index (χ4n) is 2.37. The summed E-state index contributed by atoms with van der Waals surface area (Å²) in [7, 11) is 0. The lowest BCUT2D eigenvalue weighted by molar-refractivity contribution is 0.0520. The van der Waals surface area contributed by atoms with Crippen molar-refractivity contribution in [3.63, 3.8) is 0 Å². The Bertz CT molecular complexity index is 499. The van der Waals surface area contributed by atoms with Gasteiger partial charge in [-0.1, -0.05) is 0 Å². The minimum absolute atomic E-state index is 0.193. The van der Waals surface area contributed by atoms with Gasteiger partial charge in [-0.15, -0.1) is 0 Å². The topological polar surface area (TPSA) is 74.7 Å². The summed E-state index contributed by atoms with van der Waals surface area (Å²) in [6.07, 6.45) is 2.23. The Morgan fingerprint density at radius 1 is 1.57 bits per heavy atom. The van der Waals surface area contributed by atoms with Crippen LogP contribution in [0.3, 0.4) is 0 Å². The van der Waals surface area contributed by atoms with Crippen LogP contribution in [-0.2, 0) is 4.74 Å². The first-order valence-electron chi connectivity index (χ1n) is 7.21. The molecule has 2 heterocycles. The van der Waals surface area contributed by atoms with Gasteiger partial charge in [-0.2, -0.15) is 0 Å². The number of nitrogens with one attached hydrogen (secondary N) is 1. The predicted molar refractivity (Wildman–Crippen MR) is 80.5 cm³/mol. The van der Waals surface area contributed by atoms with Crippen molar-refractivity contribution in [1.29, 1.82) is 0 Å². The highest BCUT2D eigenvalue weighted by molar-refractivity contribution is 5.67. The van der Waals surface area contributed by atoms with Crippen molar-refractivity contribution in [1.82, 2.24) is 10.3 Å². The number of carbonyl (C=O) groups is 1. The number of ether oxygens (including phenoxy) is 1. The zero-order valence-corrected chi connectivity index (χ0v) is 12.8. The zero-order chi connectivity index (χ0) is 15.5. The van der Waals surface area contributed by atoms with Gasteiger partial charge in [0.2, 0.25) is 0 Å². The number of amides is 1. The Balaban J connectivity index is 1.81. The molecule has 1 saturated heterocycles. The third-order valence-electron chi connectivity index (χ3n) is 3.29. The molecule has 0 unspecified atom stereocenters. The first-order valence-corrected chi connectivity index (χ1v) is 7.21.